The van der Waals surface area contributed by atoms with Gasteiger partial charge >= 0.3 is 0 Å². The molecule has 0 bridgehead atoms. The molecule has 1 heterocycles. The quantitative estimate of drug-likeness (QED) is 0.875. The van der Waals surface area contributed by atoms with E-state index in [0.717, 1.165) is 18.7 Å². The number of rotatable bonds is 4. The van der Waals surface area contributed by atoms with Gasteiger partial charge in [-0.1, -0.05) is 6.07 Å². The van der Waals surface area contributed by atoms with Gasteiger partial charge in [0.2, 0.25) is 0 Å². The van der Waals surface area contributed by atoms with Crippen molar-refractivity contribution in [1.82, 2.24) is 9.88 Å². The summed E-state index contributed by atoms with van der Waals surface area (Å²) in [5, 5.41) is 4.48. The van der Waals surface area contributed by atoms with E-state index >= 15 is 0 Å². The number of methoxy groups -OCH3 is 1. The van der Waals surface area contributed by atoms with E-state index < -0.39 is 0 Å². The first kappa shape index (κ1) is 12.0. The molecule has 0 radical (unpaired) electrons. The second-order valence-electron chi connectivity index (χ2n) is 4.40. The molecule has 1 aromatic heterocycles. The maximum Gasteiger partial charge on any atom is 0.143 e. The number of fused-ring (bicyclic) bond motifs is 1. The van der Waals surface area contributed by atoms with Gasteiger partial charge in [0.25, 0.3) is 0 Å². The Morgan fingerprint density at radius 1 is 1.35 bits per heavy atom. The van der Waals surface area contributed by atoms with Crippen molar-refractivity contribution in [1.29, 1.82) is 0 Å². The van der Waals surface area contributed by atoms with Crippen molar-refractivity contribution in [3.8, 4) is 5.75 Å². The van der Waals surface area contributed by atoms with Crippen LogP contribution in [0.2, 0.25) is 0 Å². The van der Waals surface area contributed by atoms with Crippen molar-refractivity contribution < 1.29 is 4.74 Å². The number of likely N-dealkylation sites (N-methyl/N-ethyl adjacent to an activating group) is 1. The van der Waals surface area contributed by atoms with Gasteiger partial charge in [0.15, 0.2) is 0 Å². The van der Waals surface area contributed by atoms with Crippen LogP contribution in [0.25, 0.3) is 10.9 Å². The summed E-state index contributed by atoms with van der Waals surface area (Å²) in [6.07, 6.45) is 1.03. The van der Waals surface area contributed by atoms with Crippen LogP contribution in [0.3, 0.4) is 0 Å². The number of hydrogen-bond acceptors (Lipinski definition) is 2. The Morgan fingerprint density at radius 2 is 2.12 bits per heavy atom. The molecule has 0 spiro atoms. The van der Waals surface area contributed by atoms with Crippen LogP contribution in [0.5, 0.6) is 5.75 Å². The fourth-order valence-electron chi connectivity index (χ4n) is 2.28. The Hall–Kier alpha value is -1.48. The lowest BCUT2D eigenvalue weighted by atomic mass is 10.1. The lowest BCUT2D eigenvalue weighted by molar-refractivity contribution is 0.417. The molecule has 0 aliphatic heterocycles. The summed E-state index contributed by atoms with van der Waals surface area (Å²) in [6, 6.07) is 6.42. The van der Waals surface area contributed by atoms with E-state index in [0.29, 0.717) is 0 Å². The first-order valence-corrected chi connectivity index (χ1v) is 5.95. The van der Waals surface area contributed by atoms with Gasteiger partial charge in [-0.3, -0.25) is 0 Å². The molecule has 0 aliphatic carbocycles. The van der Waals surface area contributed by atoms with Gasteiger partial charge in [0, 0.05) is 31.1 Å². The summed E-state index contributed by atoms with van der Waals surface area (Å²) in [6.45, 7) is 3.13. The van der Waals surface area contributed by atoms with Crippen molar-refractivity contribution in [3.05, 3.63) is 29.5 Å². The molecule has 2 rings (SSSR count). The molecule has 1 aromatic carbocycles. The highest BCUT2D eigenvalue weighted by Crippen LogP contribution is 2.30. The van der Waals surface area contributed by atoms with Crippen LogP contribution in [0, 0.1) is 6.92 Å². The summed E-state index contributed by atoms with van der Waals surface area (Å²) in [7, 11) is 5.81. The summed E-state index contributed by atoms with van der Waals surface area (Å²) < 4.78 is 7.68. The third-order valence-corrected chi connectivity index (χ3v) is 3.33. The average molecular weight is 232 g/mol. The van der Waals surface area contributed by atoms with E-state index in [9.17, 15) is 0 Å². The lowest BCUT2D eigenvalue weighted by Crippen LogP contribution is -2.12. The second kappa shape index (κ2) is 4.80. The van der Waals surface area contributed by atoms with Crippen LogP contribution in [0.15, 0.2) is 18.2 Å². The number of hydrogen-bond donors (Lipinski definition) is 1. The molecule has 0 saturated carbocycles. The third-order valence-electron chi connectivity index (χ3n) is 3.33. The minimum absolute atomic E-state index is 0.948. The summed E-state index contributed by atoms with van der Waals surface area (Å²) in [5.74, 6) is 0.948. The molecule has 17 heavy (non-hydrogen) atoms. The zero-order valence-corrected chi connectivity index (χ0v) is 11.0. The Kier molecular flexibility index (Phi) is 3.38. The van der Waals surface area contributed by atoms with E-state index in [4.69, 9.17) is 4.74 Å². The molecule has 0 fully saturated rings. The van der Waals surface area contributed by atoms with Crippen molar-refractivity contribution in [3.63, 3.8) is 0 Å². The first-order chi connectivity index (χ1) is 8.19. The molecule has 3 nitrogen and oxygen atoms in total. The predicted octanol–water partition coefficient (Wildman–Crippen LogP) is 2.26. The van der Waals surface area contributed by atoms with Crippen LogP contribution >= 0.6 is 0 Å². The highest BCUT2D eigenvalue weighted by Gasteiger charge is 2.11. The number of nitrogens with one attached hydrogen (secondary N) is 1. The van der Waals surface area contributed by atoms with E-state index in [1.54, 1.807) is 7.11 Å². The van der Waals surface area contributed by atoms with Crippen molar-refractivity contribution in [2.75, 3.05) is 20.7 Å². The number of aromatic nitrogens is 1. The van der Waals surface area contributed by atoms with E-state index in [1.165, 1.54) is 22.2 Å². The van der Waals surface area contributed by atoms with Crippen LogP contribution in [0.4, 0.5) is 0 Å². The number of ether oxygens (including phenoxy) is 1. The van der Waals surface area contributed by atoms with Gasteiger partial charge in [0.1, 0.15) is 5.75 Å². The fourth-order valence-corrected chi connectivity index (χ4v) is 2.28. The number of aryl methyl sites for hydroxylation is 2. The first-order valence-electron chi connectivity index (χ1n) is 5.95. The van der Waals surface area contributed by atoms with E-state index in [1.807, 2.05) is 13.1 Å². The van der Waals surface area contributed by atoms with Crippen molar-refractivity contribution in [2.24, 2.45) is 7.05 Å². The molecule has 0 saturated heterocycles. The van der Waals surface area contributed by atoms with E-state index in [-0.39, 0.29) is 0 Å². The smallest absolute Gasteiger partial charge is 0.143 e. The predicted molar refractivity (Wildman–Crippen MR) is 71.8 cm³/mol. The topological polar surface area (TPSA) is 26.2 Å². The van der Waals surface area contributed by atoms with Gasteiger partial charge in [0.05, 0.1) is 12.6 Å². The normalized spacial score (nSPS) is 11.1. The third kappa shape index (κ3) is 2.03. The Balaban J connectivity index is 2.59. The Morgan fingerprint density at radius 3 is 2.76 bits per heavy atom. The molecule has 1 N–H and O–H groups in total. The molecule has 92 valence electrons. The van der Waals surface area contributed by atoms with Gasteiger partial charge in [-0.2, -0.15) is 0 Å². The highest BCUT2D eigenvalue weighted by molar-refractivity contribution is 5.89. The summed E-state index contributed by atoms with van der Waals surface area (Å²) in [5.41, 5.74) is 3.83. The molecule has 2 aromatic rings. The molecule has 0 atom stereocenters. The Bertz CT molecular complexity index is 528. The molecule has 0 unspecified atom stereocenters. The fraction of sp³-hybridized carbons (Fsp3) is 0.429. The standard InChI is InChI=1S/C14H20N2O/c1-10-5-6-13(17-4)14-12(10)9-11(16(14)3)7-8-15-2/h5-6,9,15H,7-8H2,1-4H3. The molecule has 3 heteroatoms. The highest BCUT2D eigenvalue weighted by atomic mass is 16.5. The maximum atomic E-state index is 5.44. The van der Waals surface area contributed by atoms with Crippen molar-refractivity contribution >= 4 is 10.9 Å². The average Bonchev–Trinajstić information content (AvgIpc) is 2.67. The van der Waals surface area contributed by atoms with Crippen LogP contribution in [-0.4, -0.2) is 25.3 Å². The largest absolute Gasteiger partial charge is 0.495 e. The maximum absolute atomic E-state index is 5.44. The van der Waals surface area contributed by atoms with Crippen LogP contribution in [0.1, 0.15) is 11.3 Å². The van der Waals surface area contributed by atoms with Gasteiger partial charge in [-0.05, 0) is 31.7 Å². The molecule has 0 amide bonds. The monoisotopic (exact) mass is 232 g/mol. The summed E-state index contributed by atoms with van der Waals surface area (Å²) in [4.78, 5) is 0. The second-order valence-corrected chi connectivity index (χ2v) is 4.40. The Labute approximate surface area is 102 Å². The number of benzene rings is 1. The molecular formula is C14H20N2O. The van der Waals surface area contributed by atoms with Gasteiger partial charge < -0.3 is 14.6 Å². The summed E-state index contributed by atoms with van der Waals surface area (Å²) >= 11 is 0. The minimum atomic E-state index is 0.948. The van der Waals surface area contributed by atoms with Gasteiger partial charge in [-0.25, -0.2) is 0 Å². The van der Waals surface area contributed by atoms with Crippen LogP contribution in [-0.2, 0) is 13.5 Å². The van der Waals surface area contributed by atoms with Gasteiger partial charge in [-0.15, -0.1) is 0 Å². The number of nitrogens with zero attached hydrogens (tertiary/aromatic N) is 1. The zero-order chi connectivity index (χ0) is 12.4. The minimum Gasteiger partial charge on any atom is -0.495 e. The zero-order valence-electron chi connectivity index (χ0n) is 11.0. The molecular weight excluding hydrogens is 212 g/mol. The van der Waals surface area contributed by atoms with Crippen LogP contribution < -0.4 is 10.1 Å². The van der Waals surface area contributed by atoms with E-state index in [2.05, 4.69) is 36.0 Å². The molecule has 0 aliphatic rings. The van der Waals surface area contributed by atoms with Crippen molar-refractivity contribution in [2.45, 2.75) is 13.3 Å². The lowest BCUT2D eigenvalue weighted by Gasteiger charge is -2.08. The SMILES string of the molecule is CNCCc1cc2c(C)ccc(OC)c2n1C.